The molecule has 0 atom stereocenters. The maximum Gasteiger partial charge on any atom is 1.00 e. The van der Waals surface area contributed by atoms with Gasteiger partial charge in [0.1, 0.15) is 4.11 Å². The molecule has 8 aromatic heterocycles. The number of hydrogen-bond acceptors (Lipinski definition) is 25. The number of aromatic nitrogens is 16. The molecule has 0 unspecified atom stereocenters. The molecule has 31 nitrogen and oxygen atoms in total. The van der Waals surface area contributed by atoms with Crippen molar-refractivity contribution >= 4 is 132 Å². The number of nitrogens with one attached hydrogen (secondary N) is 3. The molecule has 12 heterocycles. The molecule has 0 radical (unpaired) electrons. The van der Waals surface area contributed by atoms with E-state index in [2.05, 4.69) is 84.7 Å². The van der Waals surface area contributed by atoms with Crippen LogP contribution in [0.4, 0.5) is 5.95 Å². The van der Waals surface area contributed by atoms with Crippen LogP contribution < -0.4 is 61.2 Å². The Balaban J connectivity index is 0.000000166. The van der Waals surface area contributed by atoms with E-state index < -0.39 is 0 Å². The fourth-order valence-corrected chi connectivity index (χ4v) is 11.6. The number of nitrogens with zero attached hydrogens (tertiary/aromatic N) is 18. The van der Waals surface area contributed by atoms with Gasteiger partial charge in [-0.1, -0.05) is 58.5 Å². The van der Waals surface area contributed by atoms with Crippen LogP contribution in [0.1, 0.15) is 15.2 Å². The van der Waals surface area contributed by atoms with Crippen molar-refractivity contribution < 1.29 is 67.6 Å². The predicted octanol–water partition coefficient (Wildman–Crippen LogP) is 3.40. The largest absolute Gasteiger partial charge is 1.00 e. The Bertz CT molecular complexity index is 4500. The number of aromatic amines is 2. The van der Waals surface area contributed by atoms with Gasteiger partial charge >= 0.3 is 29.6 Å². The number of anilines is 1. The van der Waals surface area contributed by atoms with Crippen molar-refractivity contribution in [3.8, 4) is 11.8 Å². The first kappa shape index (κ1) is 74.5. The van der Waals surface area contributed by atoms with Gasteiger partial charge in [-0.25, -0.2) is 19.9 Å². The summed E-state index contributed by atoms with van der Waals surface area (Å²) in [5, 5.41) is 5.32. The van der Waals surface area contributed by atoms with Gasteiger partial charge in [-0.3, -0.25) is 39.2 Å². The fourth-order valence-electron chi connectivity index (χ4n) is 10.4. The molecule has 4 saturated heterocycles. The van der Waals surface area contributed by atoms with Gasteiger partial charge in [-0.2, -0.15) is 29.9 Å². The molecule has 6 N–H and O–H groups in total. The molecule has 99 heavy (non-hydrogen) atoms. The van der Waals surface area contributed by atoms with E-state index in [1.54, 1.807) is 51.4 Å². The number of fused-ring (bicyclic) bond motifs is 4. The van der Waals surface area contributed by atoms with E-state index in [0.717, 1.165) is 141 Å². The van der Waals surface area contributed by atoms with E-state index in [0.29, 0.717) is 106 Å². The van der Waals surface area contributed by atoms with Crippen LogP contribution in [-0.4, -0.2) is 249 Å². The molecule has 0 saturated carbocycles. The molecule has 14 rings (SSSR count). The molecular formula is C60H74Cl7N22NaO9. The Morgan fingerprint density at radius 1 is 0.485 bits per heavy atom. The summed E-state index contributed by atoms with van der Waals surface area (Å²) in [7, 11) is 3.08. The van der Waals surface area contributed by atoms with Gasteiger partial charge in [0, 0.05) is 118 Å². The fraction of sp³-hybridized carbons (Fsp3) is 0.467. The monoisotopic (exact) mass is 1520 g/mol. The zero-order valence-corrected chi connectivity index (χ0v) is 61.7. The van der Waals surface area contributed by atoms with Crippen LogP contribution in [0.3, 0.4) is 0 Å². The maximum atomic E-state index is 12.6. The Morgan fingerprint density at radius 3 is 1.29 bits per heavy atom. The van der Waals surface area contributed by atoms with Crippen molar-refractivity contribution in [2.75, 3.05) is 151 Å². The van der Waals surface area contributed by atoms with Crippen molar-refractivity contribution in [2.45, 2.75) is 39.3 Å². The van der Waals surface area contributed by atoms with Crippen LogP contribution in [0.25, 0.3) is 44.7 Å². The van der Waals surface area contributed by atoms with Crippen molar-refractivity contribution in [2.24, 2.45) is 5.73 Å². The minimum Gasteiger partial charge on any atom is -0.870 e. The molecule has 528 valence electrons. The molecule has 4 aliphatic heterocycles. The second kappa shape index (κ2) is 39.6. The molecule has 4 aliphatic rings. The minimum absolute atomic E-state index is 0. The Hall–Kier alpha value is -5.73. The molecular weight excluding hydrogens is 1440 g/mol. The minimum atomic E-state index is -0.368. The number of imidazole rings is 4. The molecule has 39 heteroatoms. The van der Waals surface area contributed by atoms with E-state index in [1.807, 2.05) is 16.7 Å². The number of nitrogens with two attached hydrogens (primary N) is 1. The molecule has 4 fully saturated rings. The number of benzene rings is 2. The van der Waals surface area contributed by atoms with Gasteiger partial charge in [0.25, 0.3) is 11.1 Å². The van der Waals surface area contributed by atoms with E-state index in [9.17, 15) is 9.59 Å². The third-order valence-electron chi connectivity index (χ3n) is 15.6. The van der Waals surface area contributed by atoms with E-state index in [1.165, 1.54) is 7.11 Å². The van der Waals surface area contributed by atoms with Gasteiger partial charge in [0.15, 0.2) is 44.7 Å². The number of ether oxygens (including phenoxy) is 6. The van der Waals surface area contributed by atoms with Crippen LogP contribution in [0, 0.1) is 0 Å². The standard InChI is InChI=1S/C18H20Cl2N6O2.2C12H16ClN5O2.C11H14ClN5O2.C7H7Cl2N.Na.H2O/c19-13-2-1-12(9-14(13)20)10-21-18-23-16-15(17(27)24-18)26(11-22-16)4-3-25-5-7-28-8-6-25;2*1-19-11-9-10(15-12(13)16-11)14-8-18(9)3-2-17-4-6-20-7-5-17;12-11-14-9-8(10(18)15-11)17(7-13-9)2-1-16-3-5-19-6-4-16;8-6-2-1-5(4-10)3-7(6)9;;/h1-2,9,11H,3-8,10H2,(H2,21,23,24,27);2*8H,2-7H2,1H3;7H,1-6H2,(H,14,15,18);1-3H,4,10H2;;1H2/q;;;;;+1;/p-1/i11D;8D;;7D;;;. The topological polar surface area (TPSA) is 351 Å². The summed E-state index contributed by atoms with van der Waals surface area (Å²) in [4.78, 5) is 79.9. The van der Waals surface area contributed by atoms with Crippen molar-refractivity contribution in [3.63, 3.8) is 0 Å². The maximum absolute atomic E-state index is 12.6. The average molecular weight is 1520 g/mol. The van der Waals surface area contributed by atoms with Crippen LogP contribution in [0.15, 0.2) is 71.2 Å². The van der Waals surface area contributed by atoms with Gasteiger partial charge in [0.2, 0.25) is 33.6 Å². The summed E-state index contributed by atoms with van der Waals surface area (Å²) >= 11 is 40.7. The molecule has 0 amide bonds. The number of H-pyrrole nitrogens is 2. The van der Waals surface area contributed by atoms with E-state index in [-0.39, 0.29) is 98.2 Å². The van der Waals surface area contributed by atoms with Crippen molar-refractivity contribution in [1.29, 1.82) is 0 Å². The van der Waals surface area contributed by atoms with Crippen LogP contribution in [0.5, 0.6) is 11.8 Å². The summed E-state index contributed by atoms with van der Waals surface area (Å²) in [6, 6.07) is 10.7. The van der Waals surface area contributed by atoms with Crippen molar-refractivity contribution in [3.05, 3.63) is 129 Å². The first-order chi connectivity index (χ1) is 48.4. The number of hydrogen-bond donors (Lipinski definition) is 4. The third kappa shape index (κ3) is 22.4. The van der Waals surface area contributed by atoms with E-state index >= 15 is 0 Å². The molecule has 0 spiro atoms. The molecule has 10 aromatic rings. The zero-order chi connectivity index (χ0) is 70.8. The van der Waals surface area contributed by atoms with Gasteiger partial charge in [-0.05, 0) is 70.2 Å². The summed E-state index contributed by atoms with van der Waals surface area (Å²) in [6.07, 6.45) is 1.92. The van der Waals surface area contributed by atoms with Gasteiger partial charge in [-0.15, -0.1) is 0 Å². The quantitative estimate of drug-likeness (QED) is 0.0706. The Morgan fingerprint density at radius 2 is 0.859 bits per heavy atom. The zero-order valence-electron chi connectivity index (χ0n) is 57.4. The molecule has 0 bridgehead atoms. The van der Waals surface area contributed by atoms with Crippen molar-refractivity contribution in [1.82, 2.24) is 97.7 Å². The number of halogens is 7. The summed E-state index contributed by atoms with van der Waals surface area (Å²) in [6.45, 7) is 19.6. The summed E-state index contributed by atoms with van der Waals surface area (Å²) in [5.41, 5.74) is 9.96. The Labute approximate surface area is 629 Å². The summed E-state index contributed by atoms with van der Waals surface area (Å²) < 4.78 is 62.7. The Kier molecular flexibility index (Phi) is 29.8. The predicted molar refractivity (Wildman–Crippen MR) is 374 cm³/mol. The third-order valence-corrected chi connectivity index (χ3v) is 17.6. The number of rotatable bonds is 18. The molecule has 0 aliphatic carbocycles. The number of methoxy groups -OCH3 is 2. The van der Waals surface area contributed by atoms with Crippen LogP contribution >= 0.6 is 81.2 Å². The van der Waals surface area contributed by atoms with Gasteiger partial charge < -0.3 is 63.2 Å². The molecule has 2 aromatic carbocycles. The van der Waals surface area contributed by atoms with Crippen LogP contribution in [-0.2, 0) is 58.2 Å². The summed E-state index contributed by atoms with van der Waals surface area (Å²) in [5.74, 6) is 1.09. The smallest absolute Gasteiger partial charge is 0.870 e. The van der Waals surface area contributed by atoms with Gasteiger partial charge in [0.05, 0.1) is 112 Å². The second-order valence-corrected chi connectivity index (χ2v) is 24.5. The first-order valence-electron chi connectivity index (χ1n) is 32.4. The van der Waals surface area contributed by atoms with E-state index in [4.69, 9.17) is 119 Å². The SMILES string of the molecule is COc1nc(Cl)nc2ncn(CCN3CCOCC3)c12.NCc1ccc(Cl)c(Cl)c1.[2H]c1nc2nc(Cl)[nH]c(=O)c2n1CCN1CCOCC1.[2H]c1nc2nc(Cl)nc(OC)c2n1CCN1CCOCC1.[2H]c1nc2nc(NCc3ccc(Cl)c(Cl)c3)[nH]c(=O)c2n1CCN1CCOCC1.[Na+].[OH-]. The second-order valence-electron chi connectivity index (χ2n) is 21.9. The first-order valence-corrected chi connectivity index (χ1v) is 33.5. The normalized spacial score (nSPS) is 15.8. The van der Waals surface area contributed by atoms with Crippen LogP contribution in [0.2, 0.25) is 35.9 Å². The number of morpholine rings is 4. The average Bonchev–Trinajstić information content (AvgIpc) is 1.65.